The Morgan fingerprint density at radius 1 is 0.800 bits per heavy atom. The van der Waals surface area contributed by atoms with E-state index in [2.05, 4.69) is 14.8 Å². The number of nitrogens with zero attached hydrogens (tertiary/aromatic N) is 3. The maximum Gasteiger partial charge on any atom is 0.430 e. The van der Waals surface area contributed by atoms with Gasteiger partial charge < -0.3 is 10.2 Å². The van der Waals surface area contributed by atoms with Crippen molar-refractivity contribution in [2.75, 3.05) is 19.6 Å². The molecule has 1 fully saturated rings. The van der Waals surface area contributed by atoms with Crippen LogP contribution in [0, 0.1) is 0 Å². The molecule has 0 unspecified atom stereocenters. The largest absolute Gasteiger partial charge is 0.481 e. The standard InChI is InChI=1S/C28H27F6N3O3/c29-27(30,31)26(40,28(32,33)34)23-7-5-22(6-8-23)21-3-1-19(2-4-21)16-36-13-14-37(24(18-36)15-25(38)39)17-20-9-11-35-12-10-20/h1-12,24,40H,13-18H2,(H,38,39)/t24-/m0/s1. The molecule has 3 aromatic rings. The molecule has 1 saturated heterocycles. The Labute approximate surface area is 226 Å². The zero-order valence-electron chi connectivity index (χ0n) is 21.2. The van der Waals surface area contributed by atoms with E-state index in [0.29, 0.717) is 56.0 Å². The molecule has 4 rings (SSSR count). The Morgan fingerprint density at radius 3 is 1.85 bits per heavy atom. The number of aromatic nitrogens is 1. The second kappa shape index (κ2) is 11.6. The Balaban J connectivity index is 1.43. The molecular formula is C28H27F6N3O3. The molecule has 2 N–H and O–H groups in total. The minimum atomic E-state index is -5.94. The summed E-state index contributed by atoms with van der Waals surface area (Å²) in [6, 6.07) is 14.1. The fourth-order valence-electron chi connectivity index (χ4n) is 4.88. The number of carboxylic acids is 1. The van der Waals surface area contributed by atoms with Gasteiger partial charge in [-0.1, -0.05) is 48.5 Å². The quantitative estimate of drug-likeness (QED) is 0.364. The summed E-state index contributed by atoms with van der Waals surface area (Å²) < 4.78 is 78.9. The highest BCUT2D eigenvalue weighted by Gasteiger charge is 2.71. The number of aliphatic hydroxyl groups is 1. The van der Waals surface area contributed by atoms with E-state index in [1.54, 1.807) is 36.7 Å². The number of benzene rings is 2. The van der Waals surface area contributed by atoms with Crippen LogP contribution in [-0.2, 0) is 23.5 Å². The highest BCUT2D eigenvalue weighted by Crippen LogP contribution is 2.50. The monoisotopic (exact) mass is 567 g/mol. The van der Waals surface area contributed by atoms with Crippen LogP contribution in [0.3, 0.4) is 0 Å². The van der Waals surface area contributed by atoms with Gasteiger partial charge in [-0.25, -0.2) is 0 Å². The first-order valence-corrected chi connectivity index (χ1v) is 12.4. The first-order valence-electron chi connectivity index (χ1n) is 12.4. The summed E-state index contributed by atoms with van der Waals surface area (Å²) in [5, 5.41) is 19.0. The van der Waals surface area contributed by atoms with E-state index in [9.17, 15) is 41.4 Å². The average Bonchev–Trinajstić information content (AvgIpc) is 2.89. The highest BCUT2D eigenvalue weighted by atomic mass is 19.4. The fourth-order valence-corrected chi connectivity index (χ4v) is 4.88. The summed E-state index contributed by atoms with van der Waals surface area (Å²) in [7, 11) is 0. The van der Waals surface area contributed by atoms with Crippen LogP contribution < -0.4 is 0 Å². The smallest absolute Gasteiger partial charge is 0.430 e. The van der Waals surface area contributed by atoms with Crippen LogP contribution in [-0.4, -0.2) is 69.0 Å². The molecule has 2 aromatic carbocycles. The molecule has 12 heteroatoms. The first-order chi connectivity index (χ1) is 18.8. The molecule has 214 valence electrons. The number of pyridine rings is 1. The minimum absolute atomic E-state index is 0.00563. The molecule has 0 radical (unpaired) electrons. The Morgan fingerprint density at radius 2 is 1.32 bits per heavy atom. The number of hydrogen-bond donors (Lipinski definition) is 2. The summed E-state index contributed by atoms with van der Waals surface area (Å²) in [5.41, 5.74) is -3.36. The summed E-state index contributed by atoms with van der Waals surface area (Å²) >= 11 is 0. The molecule has 1 aliphatic heterocycles. The second-order valence-electron chi connectivity index (χ2n) is 9.79. The number of halogens is 6. The number of carbonyl (C=O) groups is 1. The summed E-state index contributed by atoms with van der Waals surface area (Å²) in [5.74, 6) is -0.883. The maximum absolute atomic E-state index is 13.1. The Kier molecular flexibility index (Phi) is 8.52. The summed E-state index contributed by atoms with van der Waals surface area (Å²) in [6.45, 7) is 3.09. The Hall–Kier alpha value is -3.48. The van der Waals surface area contributed by atoms with Gasteiger partial charge in [0.25, 0.3) is 5.60 Å². The molecule has 0 spiro atoms. The van der Waals surface area contributed by atoms with Crippen LogP contribution in [0.1, 0.15) is 23.1 Å². The number of carboxylic acid groups (broad SMARTS) is 1. The van der Waals surface area contributed by atoms with Crippen molar-refractivity contribution in [3.05, 3.63) is 89.7 Å². The van der Waals surface area contributed by atoms with Gasteiger partial charge in [0.05, 0.1) is 6.42 Å². The molecule has 1 aromatic heterocycles. The fraction of sp³-hybridized carbons (Fsp3) is 0.357. The lowest BCUT2D eigenvalue weighted by atomic mass is 9.90. The number of alkyl halides is 6. The number of piperazine rings is 1. The van der Waals surface area contributed by atoms with E-state index in [0.717, 1.165) is 23.3 Å². The van der Waals surface area contributed by atoms with Crippen molar-refractivity contribution in [2.45, 2.75) is 43.5 Å². The van der Waals surface area contributed by atoms with Gasteiger partial charge in [0.2, 0.25) is 0 Å². The van der Waals surface area contributed by atoms with E-state index in [1.165, 1.54) is 0 Å². The van der Waals surface area contributed by atoms with Crippen molar-refractivity contribution in [1.82, 2.24) is 14.8 Å². The van der Waals surface area contributed by atoms with Crippen molar-refractivity contribution >= 4 is 5.97 Å². The number of aliphatic carboxylic acids is 1. The van der Waals surface area contributed by atoms with Gasteiger partial charge in [-0.2, -0.15) is 26.3 Å². The molecule has 1 atom stereocenters. The van der Waals surface area contributed by atoms with Crippen LogP contribution in [0.5, 0.6) is 0 Å². The summed E-state index contributed by atoms with van der Waals surface area (Å²) in [6.07, 6.45) is -8.50. The molecular weight excluding hydrogens is 540 g/mol. The topological polar surface area (TPSA) is 76.9 Å². The number of hydrogen-bond acceptors (Lipinski definition) is 5. The van der Waals surface area contributed by atoms with Gasteiger partial charge in [-0.3, -0.25) is 19.6 Å². The maximum atomic E-state index is 13.1. The van der Waals surface area contributed by atoms with Gasteiger partial charge in [-0.05, 0) is 34.4 Å². The van der Waals surface area contributed by atoms with Gasteiger partial charge in [0, 0.05) is 56.7 Å². The van der Waals surface area contributed by atoms with E-state index in [-0.39, 0.29) is 12.5 Å². The van der Waals surface area contributed by atoms with Crippen LogP contribution in [0.25, 0.3) is 11.1 Å². The third-order valence-electron chi connectivity index (χ3n) is 7.05. The molecule has 6 nitrogen and oxygen atoms in total. The van der Waals surface area contributed by atoms with E-state index in [1.807, 2.05) is 12.1 Å². The van der Waals surface area contributed by atoms with Crippen molar-refractivity contribution in [3.8, 4) is 11.1 Å². The molecule has 40 heavy (non-hydrogen) atoms. The summed E-state index contributed by atoms with van der Waals surface area (Å²) in [4.78, 5) is 19.8. The van der Waals surface area contributed by atoms with Gasteiger partial charge >= 0.3 is 18.3 Å². The van der Waals surface area contributed by atoms with E-state index >= 15 is 0 Å². The highest BCUT2D eigenvalue weighted by molar-refractivity contribution is 5.67. The van der Waals surface area contributed by atoms with Crippen LogP contribution in [0.15, 0.2) is 73.1 Å². The second-order valence-corrected chi connectivity index (χ2v) is 9.79. The predicted molar refractivity (Wildman–Crippen MR) is 134 cm³/mol. The van der Waals surface area contributed by atoms with Crippen molar-refractivity contribution < 1.29 is 41.4 Å². The third kappa shape index (κ3) is 6.45. The zero-order chi connectivity index (χ0) is 29.1. The lowest BCUT2D eigenvalue weighted by Crippen LogP contribution is -2.53. The molecule has 0 aliphatic carbocycles. The van der Waals surface area contributed by atoms with Crippen LogP contribution >= 0.6 is 0 Å². The molecule has 1 aliphatic rings. The Bertz CT molecular complexity index is 1270. The first kappa shape index (κ1) is 29.5. The molecule has 0 amide bonds. The van der Waals surface area contributed by atoms with Crippen molar-refractivity contribution in [1.29, 1.82) is 0 Å². The zero-order valence-corrected chi connectivity index (χ0v) is 21.2. The molecule has 0 bridgehead atoms. The lowest BCUT2D eigenvalue weighted by molar-refractivity contribution is -0.376. The van der Waals surface area contributed by atoms with Crippen molar-refractivity contribution in [3.63, 3.8) is 0 Å². The van der Waals surface area contributed by atoms with Crippen LogP contribution in [0.2, 0.25) is 0 Å². The van der Waals surface area contributed by atoms with Gasteiger partial charge in [0.1, 0.15) is 0 Å². The SMILES string of the molecule is O=C(O)C[C@H]1CN(Cc2ccc(-c3ccc(C(O)(C(F)(F)F)C(F)(F)F)cc3)cc2)CCN1Cc1ccncc1. The van der Waals surface area contributed by atoms with Crippen molar-refractivity contribution in [2.24, 2.45) is 0 Å². The average molecular weight is 568 g/mol. The molecule has 2 heterocycles. The van der Waals surface area contributed by atoms with E-state index < -0.39 is 29.5 Å². The number of rotatable bonds is 8. The van der Waals surface area contributed by atoms with Gasteiger partial charge in [0.15, 0.2) is 0 Å². The third-order valence-corrected chi connectivity index (χ3v) is 7.05. The van der Waals surface area contributed by atoms with Gasteiger partial charge in [-0.15, -0.1) is 0 Å². The van der Waals surface area contributed by atoms with E-state index in [4.69, 9.17) is 0 Å². The minimum Gasteiger partial charge on any atom is -0.481 e. The predicted octanol–water partition coefficient (Wildman–Crippen LogP) is 5.22. The lowest BCUT2D eigenvalue weighted by Gasteiger charge is -2.41. The molecule has 0 saturated carbocycles. The van der Waals surface area contributed by atoms with Crippen LogP contribution in [0.4, 0.5) is 26.3 Å². The normalized spacial score (nSPS) is 17.6.